The molecule has 0 aliphatic carbocycles. The summed E-state index contributed by atoms with van der Waals surface area (Å²) in [6, 6.07) is 0. The molecule has 4 saturated heterocycles. The van der Waals surface area contributed by atoms with E-state index in [2.05, 4.69) is 6.92 Å². The SMILES string of the molecule is CCCCC[C@H]1O[C@H]1C(=O)CCCCC[C@H]1O[C@H]1C(=O)CCCCC[C@H]1O[C@H]1C(=O)CCCCC[C@H]1O[C@H]1C(C)=O. The quantitative estimate of drug-likeness (QED) is 0.0939. The number of ketones is 4. The van der Waals surface area contributed by atoms with Crippen LogP contribution in [-0.4, -0.2) is 72.0 Å². The molecule has 4 rings (SSSR count). The summed E-state index contributed by atoms with van der Waals surface area (Å²) in [5.41, 5.74) is 0. The summed E-state index contributed by atoms with van der Waals surface area (Å²) in [5.74, 6) is 0.792. The van der Waals surface area contributed by atoms with Crippen LogP contribution < -0.4 is 0 Å². The fourth-order valence-corrected chi connectivity index (χ4v) is 6.14. The molecule has 0 unspecified atom stereocenters. The normalized spacial score (nSPS) is 31.1. The van der Waals surface area contributed by atoms with Crippen LogP contribution in [0.1, 0.15) is 136 Å². The lowest BCUT2D eigenvalue weighted by molar-refractivity contribution is -0.121. The molecule has 0 aromatic carbocycles. The van der Waals surface area contributed by atoms with Crippen LogP contribution in [0.2, 0.25) is 0 Å². The van der Waals surface area contributed by atoms with E-state index >= 15 is 0 Å². The predicted octanol–water partition coefficient (Wildman–Crippen LogP) is 5.78. The van der Waals surface area contributed by atoms with Gasteiger partial charge < -0.3 is 18.9 Å². The van der Waals surface area contributed by atoms with Gasteiger partial charge in [0, 0.05) is 19.3 Å². The molecule has 4 aliphatic rings. The van der Waals surface area contributed by atoms with E-state index in [9.17, 15) is 19.2 Å². The van der Waals surface area contributed by atoms with Gasteiger partial charge in [0.05, 0.1) is 24.4 Å². The molecule has 0 aromatic heterocycles. The summed E-state index contributed by atoms with van der Waals surface area (Å²) in [6.45, 7) is 3.75. The molecule has 0 saturated carbocycles. The molecular weight excluding hydrogens is 524 g/mol. The smallest absolute Gasteiger partial charge is 0.164 e. The largest absolute Gasteiger partial charge is 0.361 e. The Morgan fingerprint density at radius 2 is 0.756 bits per heavy atom. The number of carbonyl (C=O) groups excluding carboxylic acids is 4. The van der Waals surface area contributed by atoms with Gasteiger partial charge in [-0.05, 0) is 51.9 Å². The summed E-state index contributed by atoms with van der Waals surface area (Å²) in [6.07, 6.45) is 17.1. The number of hydrogen-bond acceptors (Lipinski definition) is 8. The highest BCUT2D eigenvalue weighted by atomic mass is 16.6. The molecule has 4 heterocycles. The van der Waals surface area contributed by atoms with Crippen LogP contribution in [0, 0.1) is 0 Å². The highest BCUT2D eigenvalue weighted by molar-refractivity contribution is 5.86. The Hall–Kier alpha value is -1.48. The number of epoxide rings is 4. The Morgan fingerprint density at radius 3 is 1.07 bits per heavy atom. The summed E-state index contributed by atoms with van der Waals surface area (Å²) in [7, 11) is 0. The lowest BCUT2D eigenvalue weighted by Crippen LogP contribution is -2.11. The van der Waals surface area contributed by atoms with E-state index in [4.69, 9.17) is 18.9 Å². The Labute approximate surface area is 245 Å². The lowest BCUT2D eigenvalue weighted by Gasteiger charge is -2.00. The standard InChI is InChI=1S/C33H52O8/c1-3-4-8-18-27-31(39-27)23(35)16-10-6-13-20-29-33(41-29)25(37)17-11-7-14-21-28-32(40-28)24(36)15-9-5-12-19-26-30(38-26)22(2)34/h26-33H,3-21H2,1-2H3/t26-,27-,28-,29-,30+,31+,32+,33+/m1/s1. The monoisotopic (exact) mass is 576 g/mol. The Kier molecular flexibility index (Phi) is 13.0. The minimum Gasteiger partial charge on any atom is -0.361 e. The molecule has 4 aliphatic heterocycles. The van der Waals surface area contributed by atoms with Crippen molar-refractivity contribution in [1.29, 1.82) is 0 Å². The van der Waals surface area contributed by atoms with Gasteiger partial charge in [-0.3, -0.25) is 19.2 Å². The van der Waals surface area contributed by atoms with Crippen LogP contribution in [0.5, 0.6) is 0 Å². The van der Waals surface area contributed by atoms with Crippen molar-refractivity contribution < 1.29 is 38.1 Å². The average Bonchev–Trinajstić information content (AvgIpc) is 3.77. The van der Waals surface area contributed by atoms with Crippen LogP contribution >= 0.6 is 0 Å². The van der Waals surface area contributed by atoms with E-state index in [0.717, 1.165) is 89.9 Å². The van der Waals surface area contributed by atoms with Crippen LogP contribution in [0.4, 0.5) is 0 Å². The van der Waals surface area contributed by atoms with Gasteiger partial charge in [-0.1, -0.05) is 64.7 Å². The maximum atomic E-state index is 12.4. The first-order valence-electron chi connectivity index (χ1n) is 16.6. The van der Waals surface area contributed by atoms with Crippen LogP contribution in [0.3, 0.4) is 0 Å². The van der Waals surface area contributed by atoms with Gasteiger partial charge in [0.1, 0.15) is 24.4 Å². The fourth-order valence-electron chi connectivity index (χ4n) is 6.14. The Morgan fingerprint density at radius 1 is 0.439 bits per heavy atom. The molecule has 0 amide bonds. The van der Waals surface area contributed by atoms with Crippen molar-refractivity contribution >= 4 is 23.1 Å². The number of hydrogen-bond donors (Lipinski definition) is 0. The van der Waals surface area contributed by atoms with E-state index in [1.54, 1.807) is 6.92 Å². The third-order valence-electron chi connectivity index (χ3n) is 9.01. The fraction of sp³-hybridized carbons (Fsp3) is 0.879. The van der Waals surface area contributed by atoms with E-state index < -0.39 is 0 Å². The Balaban J connectivity index is 0.900. The maximum Gasteiger partial charge on any atom is 0.164 e. The molecule has 4 fully saturated rings. The summed E-state index contributed by atoms with van der Waals surface area (Å²) >= 11 is 0. The number of rotatable bonds is 26. The molecule has 0 spiro atoms. The van der Waals surface area contributed by atoms with Crippen LogP contribution in [0.25, 0.3) is 0 Å². The van der Waals surface area contributed by atoms with Crippen molar-refractivity contribution in [2.45, 2.75) is 185 Å². The third kappa shape index (κ3) is 11.3. The minimum absolute atomic E-state index is 0.0600. The van der Waals surface area contributed by atoms with E-state index in [1.165, 1.54) is 12.8 Å². The van der Waals surface area contributed by atoms with E-state index in [-0.39, 0.29) is 72.0 Å². The second-order valence-corrected chi connectivity index (χ2v) is 12.7. The number of Topliss-reactive ketones (excluding diaryl/α,β-unsaturated/α-hetero) is 4. The van der Waals surface area contributed by atoms with Gasteiger partial charge in [0.2, 0.25) is 0 Å². The first-order chi connectivity index (χ1) is 19.9. The van der Waals surface area contributed by atoms with E-state index in [0.29, 0.717) is 19.3 Å². The Bertz CT molecular complexity index is 886. The van der Waals surface area contributed by atoms with Crippen molar-refractivity contribution in [3.8, 4) is 0 Å². The summed E-state index contributed by atoms with van der Waals surface area (Å²) in [5, 5.41) is 0. The first kappa shape index (κ1) is 32.4. The maximum absolute atomic E-state index is 12.4. The highest BCUT2D eigenvalue weighted by Crippen LogP contribution is 2.33. The summed E-state index contributed by atoms with van der Waals surface area (Å²) < 4.78 is 22.1. The molecule has 8 nitrogen and oxygen atoms in total. The number of carbonyl (C=O) groups is 4. The van der Waals surface area contributed by atoms with Crippen molar-refractivity contribution in [1.82, 2.24) is 0 Å². The first-order valence-corrected chi connectivity index (χ1v) is 16.6. The summed E-state index contributed by atoms with van der Waals surface area (Å²) in [4.78, 5) is 48.1. The average molecular weight is 577 g/mol. The second-order valence-electron chi connectivity index (χ2n) is 12.7. The zero-order chi connectivity index (χ0) is 29.2. The van der Waals surface area contributed by atoms with Gasteiger partial charge in [0.25, 0.3) is 0 Å². The zero-order valence-corrected chi connectivity index (χ0v) is 25.3. The molecule has 0 aromatic rings. The molecule has 0 radical (unpaired) electrons. The van der Waals surface area contributed by atoms with E-state index in [1.807, 2.05) is 0 Å². The van der Waals surface area contributed by atoms with Gasteiger partial charge in [-0.25, -0.2) is 0 Å². The minimum atomic E-state index is -0.223. The van der Waals surface area contributed by atoms with Crippen LogP contribution in [-0.2, 0) is 38.1 Å². The van der Waals surface area contributed by atoms with Crippen molar-refractivity contribution in [3.05, 3.63) is 0 Å². The number of unbranched alkanes of at least 4 members (excludes halogenated alkanes) is 8. The van der Waals surface area contributed by atoms with Crippen molar-refractivity contribution in [3.63, 3.8) is 0 Å². The zero-order valence-electron chi connectivity index (χ0n) is 25.3. The predicted molar refractivity (Wildman–Crippen MR) is 154 cm³/mol. The van der Waals surface area contributed by atoms with Crippen molar-refractivity contribution in [2.75, 3.05) is 0 Å². The number of ether oxygens (including phenoxy) is 4. The molecular formula is C33H52O8. The van der Waals surface area contributed by atoms with Gasteiger partial charge in [-0.2, -0.15) is 0 Å². The molecule has 232 valence electrons. The topological polar surface area (TPSA) is 118 Å². The molecule has 41 heavy (non-hydrogen) atoms. The third-order valence-corrected chi connectivity index (χ3v) is 9.01. The molecule has 0 bridgehead atoms. The lowest BCUT2D eigenvalue weighted by atomic mass is 10.0. The van der Waals surface area contributed by atoms with Gasteiger partial charge in [-0.15, -0.1) is 0 Å². The molecule has 8 atom stereocenters. The van der Waals surface area contributed by atoms with Gasteiger partial charge in [0.15, 0.2) is 23.1 Å². The van der Waals surface area contributed by atoms with Crippen LogP contribution in [0.15, 0.2) is 0 Å². The molecule has 0 N–H and O–H groups in total. The highest BCUT2D eigenvalue weighted by Gasteiger charge is 2.45. The second kappa shape index (κ2) is 16.4. The molecule has 8 heteroatoms. The van der Waals surface area contributed by atoms with Crippen molar-refractivity contribution in [2.24, 2.45) is 0 Å². The van der Waals surface area contributed by atoms with Gasteiger partial charge >= 0.3 is 0 Å².